The van der Waals surface area contributed by atoms with E-state index in [0.717, 1.165) is 58.4 Å². The molecular weight excluding hydrogens is 393 g/mol. The first-order valence-corrected chi connectivity index (χ1v) is 10.4. The van der Waals surface area contributed by atoms with Crippen LogP contribution in [-0.4, -0.2) is 28.7 Å². The second-order valence-electron chi connectivity index (χ2n) is 8.10. The Kier molecular flexibility index (Phi) is 6.00. The summed E-state index contributed by atoms with van der Waals surface area (Å²) in [5.41, 5.74) is 6.23. The number of benzene rings is 2. The normalized spacial score (nSPS) is 11.5. The molecule has 6 heteroatoms. The van der Waals surface area contributed by atoms with E-state index in [4.69, 9.17) is 4.42 Å². The molecule has 0 saturated carbocycles. The lowest BCUT2D eigenvalue weighted by Gasteiger charge is -2.17. The number of fused-ring (bicyclic) bond motifs is 1. The molecule has 0 aliphatic carbocycles. The van der Waals surface area contributed by atoms with Crippen molar-refractivity contribution >= 4 is 11.0 Å². The van der Waals surface area contributed by atoms with Gasteiger partial charge in [-0.1, -0.05) is 12.1 Å². The maximum absolute atomic E-state index is 13.1. The van der Waals surface area contributed by atoms with Crippen molar-refractivity contribution in [1.29, 1.82) is 0 Å². The van der Waals surface area contributed by atoms with Gasteiger partial charge in [0, 0.05) is 29.3 Å². The van der Waals surface area contributed by atoms with Gasteiger partial charge in [0.05, 0.1) is 5.69 Å². The minimum atomic E-state index is -0.310. The molecule has 5 nitrogen and oxygen atoms in total. The molecule has 2 heterocycles. The Balaban J connectivity index is 1.38. The number of hydrogen-bond acceptors (Lipinski definition) is 4. The molecular formula is C25H26FN3O2. The van der Waals surface area contributed by atoms with Gasteiger partial charge in [-0.25, -0.2) is 9.18 Å². The first-order chi connectivity index (χ1) is 14.9. The summed E-state index contributed by atoms with van der Waals surface area (Å²) in [6, 6.07) is 14.0. The average molecular weight is 420 g/mol. The molecule has 4 aromatic rings. The van der Waals surface area contributed by atoms with Crippen molar-refractivity contribution in [2.45, 2.75) is 33.2 Å². The number of nitrogens with one attached hydrogen (secondary N) is 1. The number of nitrogens with zero attached hydrogens (tertiary/aromatic N) is 2. The van der Waals surface area contributed by atoms with Crippen molar-refractivity contribution in [3.05, 3.63) is 87.2 Å². The van der Waals surface area contributed by atoms with E-state index in [1.165, 1.54) is 12.1 Å². The number of aromatic nitrogens is 2. The van der Waals surface area contributed by atoms with Crippen LogP contribution in [0.1, 0.15) is 28.8 Å². The third-order valence-corrected chi connectivity index (χ3v) is 5.71. The molecule has 0 radical (unpaired) electrons. The standard InChI is InChI=1S/C25H26FN3O2/c1-16-6-11-22-19(13-24(30)31-25(22)17(16)2)15-29(3)12-4-5-21-14-23(28-27-21)18-7-9-20(26)10-8-18/h6-11,13-14H,4-5,12,15H2,1-3H3,(H,27,28). The Morgan fingerprint density at radius 2 is 1.87 bits per heavy atom. The highest BCUT2D eigenvalue weighted by molar-refractivity contribution is 5.83. The zero-order chi connectivity index (χ0) is 22.0. The van der Waals surface area contributed by atoms with E-state index in [1.807, 2.05) is 26.0 Å². The van der Waals surface area contributed by atoms with Gasteiger partial charge in [0.2, 0.25) is 0 Å². The predicted molar refractivity (Wildman–Crippen MR) is 121 cm³/mol. The van der Waals surface area contributed by atoms with Gasteiger partial charge in [0.15, 0.2) is 0 Å². The molecule has 31 heavy (non-hydrogen) atoms. The topological polar surface area (TPSA) is 62.1 Å². The Bertz CT molecular complexity index is 1260. The molecule has 0 fully saturated rings. The van der Waals surface area contributed by atoms with Crippen LogP contribution in [0.15, 0.2) is 57.7 Å². The summed E-state index contributed by atoms with van der Waals surface area (Å²) >= 11 is 0. The summed E-state index contributed by atoms with van der Waals surface area (Å²) in [5.74, 6) is -0.253. The lowest BCUT2D eigenvalue weighted by atomic mass is 10.0. The number of hydrogen-bond donors (Lipinski definition) is 1. The van der Waals surface area contributed by atoms with Crippen molar-refractivity contribution in [2.24, 2.45) is 0 Å². The van der Waals surface area contributed by atoms with Crippen LogP contribution in [0.25, 0.3) is 22.2 Å². The SMILES string of the molecule is Cc1ccc2c(CN(C)CCCc3cc(-c4ccc(F)cc4)n[nH]3)cc(=O)oc2c1C. The average Bonchev–Trinajstić information content (AvgIpc) is 3.20. The van der Waals surface area contributed by atoms with Crippen LogP contribution in [0.4, 0.5) is 4.39 Å². The number of halogens is 1. The minimum absolute atomic E-state index is 0.253. The number of rotatable bonds is 7. The van der Waals surface area contributed by atoms with Gasteiger partial charge in [-0.15, -0.1) is 0 Å². The first-order valence-electron chi connectivity index (χ1n) is 10.4. The number of H-pyrrole nitrogens is 1. The van der Waals surface area contributed by atoms with Gasteiger partial charge in [-0.3, -0.25) is 5.10 Å². The maximum atomic E-state index is 13.1. The summed E-state index contributed by atoms with van der Waals surface area (Å²) in [4.78, 5) is 14.3. The second kappa shape index (κ2) is 8.86. The largest absolute Gasteiger partial charge is 0.422 e. The fraction of sp³-hybridized carbons (Fsp3) is 0.280. The quantitative estimate of drug-likeness (QED) is 0.428. The third kappa shape index (κ3) is 4.75. The highest BCUT2D eigenvalue weighted by atomic mass is 19.1. The van der Waals surface area contributed by atoms with Crippen LogP contribution >= 0.6 is 0 Å². The highest BCUT2D eigenvalue weighted by Crippen LogP contribution is 2.24. The Hall–Kier alpha value is -3.25. The van der Waals surface area contributed by atoms with E-state index < -0.39 is 0 Å². The fourth-order valence-electron chi connectivity index (χ4n) is 3.82. The van der Waals surface area contributed by atoms with E-state index in [9.17, 15) is 9.18 Å². The predicted octanol–water partition coefficient (Wildman–Crippen LogP) is 5.00. The fourth-order valence-corrected chi connectivity index (χ4v) is 3.82. The van der Waals surface area contributed by atoms with Crippen LogP contribution in [-0.2, 0) is 13.0 Å². The van der Waals surface area contributed by atoms with Crippen LogP contribution in [0, 0.1) is 19.7 Å². The smallest absolute Gasteiger partial charge is 0.336 e. The molecule has 0 amide bonds. The summed E-state index contributed by atoms with van der Waals surface area (Å²) < 4.78 is 18.6. The van der Waals surface area contributed by atoms with Crippen LogP contribution < -0.4 is 5.63 Å². The Morgan fingerprint density at radius 3 is 2.65 bits per heavy atom. The Morgan fingerprint density at radius 1 is 1.10 bits per heavy atom. The summed E-state index contributed by atoms with van der Waals surface area (Å²) in [6.45, 7) is 5.55. The minimum Gasteiger partial charge on any atom is -0.422 e. The monoisotopic (exact) mass is 419 g/mol. The summed E-state index contributed by atoms with van der Waals surface area (Å²) in [5, 5.41) is 8.40. The van der Waals surface area contributed by atoms with E-state index in [-0.39, 0.29) is 11.4 Å². The van der Waals surface area contributed by atoms with Gasteiger partial charge in [-0.05, 0) is 87.3 Å². The van der Waals surface area contributed by atoms with Crippen LogP contribution in [0.5, 0.6) is 0 Å². The van der Waals surface area contributed by atoms with E-state index in [1.54, 1.807) is 18.2 Å². The molecule has 0 bridgehead atoms. The molecule has 0 saturated heterocycles. The molecule has 0 spiro atoms. The van der Waals surface area contributed by atoms with Crippen LogP contribution in [0.2, 0.25) is 0 Å². The molecule has 0 aliphatic heterocycles. The highest BCUT2D eigenvalue weighted by Gasteiger charge is 2.12. The van der Waals surface area contributed by atoms with E-state index >= 15 is 0 Å². The lowest BCUT2D eigenvalue weighted by molar-refractivity contribution is 0.322. The van der Waals surface area contributed by atoms with Crippen molar-refractivity contribution in [3.8, 4) is 11.3 Å². The van der Waals surface area contributed by atoms with Gasteiger partial charge >= 0.3 is 5.63 Å². The molecule has 2 aromatic carbocycles. The molecule has 0 aliphatic rings. The molecule has 0 atom stereocenters. The van der Waals surface area contributed by atoms with Gasteiger partial charge < -0.3 is 9.32 Å². The first kappa shape index (κ1) is 21.0. The van der Waals surface area contributed by atoms with Gasteiger partial charge in [0.25, 0.3) is 0 Å². The van der Waals surface area contributed by atoms with Crippen LogP contribution in [0.3, 0.4) is 0 Å². The number of aryl methyl sites for hydroxylation is 3. The van der Waals surface area contributed by atoms with Crippen molar-refractivity contribution < 1.29 is 8.81 Å². The summed E-state index contributed by atoms with van der Waals surface area (Å²) in [7, 11) is 2.05. The maximum Gasteiger partial charge on any atom is 0.336 e. The van der Waals surface area contributed by atoms with E-state index in [2.05, 4.69) is 28.2 Å². The Labute approximate surface area is 180 Å². The molecule has 4 rings (SSSR count). The second-order valence-corrected chi connectivity index (χ2v) is 8.10. The van der Waals surface area contributed by atoms with Gasteiger partial charge in [-0.2, -0.15) is 5.10 Å². The van der Waals surface area contributed by atoms with E-state index in [0.29, 0.717) is 12.1 Å². The molecule has 1 N–H and O–H groups in total. The molecule has 160 valence electrons. The molecule has 2 aromatic heterocycles. The van der Waals surface area contributed by atoms with Crippen molar-refractivity contribution in [1.82, 2.24) is 15.1 Å². The zero-order valence-electron chi connectivity index (χ0n) is 18.0. The lowest BCUT2D eigenvalue weighted by Crippen LogP contribution is -2.20. The summed E-state index contributed by atoms with van der Waals surface area (Å²) in [6.07, 6.45) is 1.80. The van der Waals surface area contributed by atoms with Crippen molar-refractivity contribution in [3.63, 3.8) is 0 Å². The zero-order valence-corrected chi connectivity index (χ0v) is 18.0. The molecule has 0 unspecified atom stereocenters. The third-order valence-electron chi connectivity index (χ3n) is 5.71. The van der Waals surface area contributed by atoms with Crippen molar-refractivity contribution in [2.75, 3.05) is 13.6 Å². The number of aromatic amines is 1. The van der Waals surface area contributed by atoms with Gasteiger partial charge in [0.1, 0.15) is 11.4 Å².